The minimum absolute atomic E-state index is 0.0173. The van der Waals surface area contributed by atoms with Crippen LogP contribution in [0.1, 0.15) is 68.7 Å². The zero-order chi connectivity index (χ0) is 18.8. The van der Waals surface area contributed by atoms with Crippen molar-refractivity contribution in [2.24, 2.45) is 17.8 Å². The summed E-state index contributed by atoms with van der Waals surface area (Å²) in [6, 6.07) is 4.12. The van der Waals surface area contributed by atoms with Gasteiger partial charge in [-0.1, -0.05) is 12.8 Å². The Labute approximate surface area is 161 Å². The van der Waals surface area contributed by atoms with Gasteiger partial charge in [-0.05, 0) is 69.1 Å². The number of carbonyl (C=O) groups is 2. The predicted molar refractivity (Wildman–Crippen MR) is 104 cm³/mol. The van der Waals surface area contributed by atoms with Crippen molar-refractivity contribution in [2.75, 3.05) is 13.1 Å². The summed E-state index contributed by atoms with van der Waals surface area (Å²) in [5.41, 5.74) is 2.17. The molecule has 5 nitrogen and oxygen atoms in total. The summed E-state index contributed by atoms with van der Waals surface area (Å²) in [7, 11) is 0. The Bertz CT molecular complexity index is 687. The van der Waals surface area contributed by atoms with Gasteiger partial charge in [-0.3, -0.25) is 14.6 Å². The van der Waals surface area contributed by atoms with Crippen LogP contribution in [0.25, 0.3) is 0 Å². The lowest BCUT2D eigenvalue weighted by Crippen LogP contribution is -2.45. The van der Waals surface area contributed by atoms with E-state index in [-0.39, 0.29) is 23.8 Å². The second-order valence-corrected chi connectivity index (χ2v) is 8.66. The highest BCUT2D eigenvalue weighted by molar-refractivity contribution is 5.81. The van der Waals surface area contributed by atoms with Gasteiger partial charge < -0.3 is 10.2 Å². The first-order valence-electron chi connectivity index (χ1n) is 10.6. The number of carbonyl (C=O) groups excluding carboxylic acids is 2. The molecule has 2 amide bonds. The third-order valence-electron chi connectivity index (χ3n) is 6.53. The van der Waals surface area contributed by atoms with E-state index >= 15 is 0 Å². The molecule has 2 heterocycles. The molecule has 2 saturated carbocycles. The number of amides is 2. The molecular weight excluding hydrogens is 338 g/mol. The van der Waals surface area contributed by atoms with Crippen LogP contribution in [0.3, 0.4) is 0 Å². The number of pyridine rings is 1. The summed E-state index contributed by atoms with van der Waals surface area (Å²) >= 11 is 0. The van der Waals surface area contributed by atoms with Crippen molar-refractivity contribution in [2.45, 2.75) is 64.3 Å². The average Bonchev–Trinajstić information content (AvgIpc) is 3.38. The van der Waals surface area contributed by atoms with Crippen LogP contribution in [0.5, 0.6) is 0 Å². The maximum absolute atomic E-state index is 12.9. The van der Waals surface area contributed by atoms with Crippen LogP contribution in [0.4, 0.5) is 0 Å². The molecule has 0 aromatic carbocycles. The first kappa shape index (κ1) is 18.5. The molecule has 0 spiro atoms. The third-order valence-corrected chi connectivity index (χ3v) is 6.53. The number of hydrogen-bond donors (Lipinski definition) is 1. The Morgan fingerprint density at radius 2 is 1.78 bits per heavy atom. The van der Waals surface area contributed by atoms with Gasteiger partial charge >= 0.3 is 0 Å². The highest BCUT2D eigenvalue weighted by Crippen LogP contribution is 2.41. The number of nitrogens with one attached hydrogen (secondary N) is 1. The summed E-state index contributed by atoms with van der Waals surface area (Å²) in [6.45, 7) is 3.52. The number of rotatable bonds is 5. The molecule has 146 valence electrons. The maximum Gasteiger partial charge on any atom is 0.225 e. The quantitative estimate of drug-likeness (QED) is 0.865. The van der Waals surface area contributed by atoms with E-state index in [4.69, 9.17) is 0 Å². The van der Waals surface area contributed by atoms with Crippen LogP contribution in [-0.4, -0.2) is 34.8 Å². The lowest BCUT2D eigenvalue weighted by Gasteiger charge is -2.33. The Balaban J connectivity index is 1.32. The second kappa shape index (κ2) is 7.99. The van der Waals surface area contributed by atoms with Crippen LogP contribution >= 0.6 is 0 Å². The monoisotopic (exact) mass is 369 g/mol. The summed E-state index contributed by atoms with van der Waals surface area (Å²) < 4.78 is 0. The molecule has 1 aliphatic heterocycles. The highest BCUT2D eigenvalue weighted by atomic mass is 16.2. The number of nitrogens with zero attached hydrogens (tertiary/aromatic N) is 2. The van der Waals surface area contributed by atoms with Gasteiger partial charge in [0.2, 0.25) is 11.8 Å². The van der Waals surface area contributed by atoms with Gasteiger partial charge in [0.1, 0.15) is 0 Å². The molecule has 27 heavy (non-hydrogen) atoms. The molecule has 3 aliphatic rings. The fourth-order valence-electron chi connectivity index (χ4n) is 4.66. The Morgan fingerprint density at radius 3 is 2.41 bits per heavy atom. The van der Waals surface area contributed by atoms with E-state index in [0.29, 0.717) is 11.8 Å². The van der Waals surface area contributed by atoms with Crippen LogP contribution < -0.4 is 5.32 Å². The van der Waals surface area contributed by atoms with Gasteiger partial charge in [0.25, 0.3) is 0 Å². The maximum atomic E-state index is 12.9. The molecule has 1 atom stereocenters. The molecule has 2 aliphatic carbocycles. The van der Waals surface area contributed by atoms with Gasteiger partial charge in [0.15, 0.2) is 0 Å². The SMILES string of the molecule is Cc1ccnc([C@@H](NC(=O)C2CCN(C(=O)C3CCCC3)CC2)C2CC2)c1. The van der Waals surface area contributed by atoms with Gasteiger partial charge in [0, 0.05) is 31.1 Å². The minimum atomic E-state index is 0.0173. The Hall–Kier alpha value is -1.91. The van der Waals surface area contributed by atoms with Crippen molar-refractivity contribution < 1.29 is 9.59 Å². The van der Waals surface area contributed by atoms with E-state index in [0.717, 1.165) is 57.3 Å². The topological polar surface area (TPSA) is 62.3 Å². The molecule has 0 radical (unpaired) electrons. The molecule has 1 aromatic heterocycles. The molecule has 1 aromatic rings. The van der Waals surface area contributed by atoms with Gasteiger partial charge in [-0.25, -0.2) is 0 Å². The van der Waals surface area contributed by atoms with Gasteiger partial charge in [-0.15, -0.1) is 0 Å². The van der Waals surface area contributed by atoms with Crippen LogP contribution in [-0.2, 0) is 9.59 Å². The van der Waals surface area contributed by atoms with E-state index in [1.54, 1.807) is 0 Å². The zero-order valence-electron chi connectivity index (χ0n) is 16.3. The van der Waals surface area contributed by atoms with Crippen LogP contribution in [0.2, 0.25) is 0 Å². The van der Waals surface area contributed by atoms with E-state index in [9.17, 15) is 9.59 Å². The molecule has 0 bridgehead atoms. The Morgan fingerprint density at radius 1 is 1.07 bits per heavy atom. The average molecular weight is 370 g/mol. The van der Waals surface area contributed by atoms with E-state index < -0.39 is 0 Å². The standard InChI is InChI=1S/C22H31N3O2/c1-15-8-11-23-19(14-15)20(16-6-7-16)24-21(26)17-9-12-25(13-10-17)22(27)18-4-2-3-5-18/h8,11,14,16-18,20H,2-7,9-10,12-13H2,1H3,(H,24,26)/t20-/m0/s1. The largest absolute Gasteiger partial charge is 0.347 e. The van der Waals surface area contributed by atoms with Gasteiger partial charge in [-0.2, -0.15) is 0 Å². The third kappa shape index (κ3) is 4.33. The molecule has 4 rings (SSSR count). The van der Waals surface area contributed by atoms with Crippen molar-refractivity contribution in [1.29, 1.82) is 0 Å². The van der Waals surface area contributed by atoms with Crippen molar-refractivity contribution in [1.82, 2.24) is 15.2 Å². The molecule has 5 heteroatoms. The fraction of sp³-hybridized carbons (Fsp3) is 0.682. The smallest absolute Gasteiger partial charge is 0.225 e. The van der Waals surface area contributed by atoms with Crippen molar-refractivity contribution in [3.63, 3.8) is 0 Å². The van der Waals surface area contributed by atoms with Crippen molar-refractivity contribution in [3.8, 4) is 0 Å². The van der Waals surface area contributed by atoms with E-state index in [1.165, 1.54) is 18.4 Å². The lowest BCUT2D eigenvalue weighted by atomic mass is 9.93. The van der Waals surface area contributed by atoms with Crippen molar-refractivity contribution in [3.05, 3.63) is 29.6 Å². The van der Waals surface area contributed by atoms with Crippen molar-refractivity contribution >= 4 is 11.8 Å². The number of likely N-dealkylation sites (tertiary alicyclic amines) is 1. The summed E-state index contributed by atoms with van der Waals surface area (Å²) in [6.07, 6.45) is 10.2. The van der Waals surface area contributed by atoms with E-state index in [2.05, 4.69) is 23.3 Å². The molecule has 1 N–H and O–H groups in total. The molecule has 1 saturated heterocycles. The molecule has 3 fully saturated rings. The predicted octanol–water partition coefficient (Wildman–Crippen LogP) is 3.39. The normalized spacial score (nSPS) is 22.6. The van der Waals surface area contributed by atoms with Crippen LogP contribution in [0.15, 0.2) is 18.3 Å². The number of hydrogen-bond acceptors (Lipinski definition) is 3. The fourth-order valence-corrected chi connectivity index (χ4v) is 4.66. The van der Waals surface area contributed by atoms with Gasteiger partial charge in [0.05, 0.1) is 11.7 Å². The zero-order valence-corrected chi connectivity index (χ0v) is 16.3. The summed E-state index contributed by atoms with van der Waals surface area (Å²) in [5, 5.41) is 3.29. The number of piperidine rings is 1. The highest BCUT2D eigenvalue weighted by Gasteiger charge is 2.37. The minimum Gasteiger partial charge on any atom is -0.347 e. The molecular formula is C22H31N3O2. The van der Waals surface area contributed by atoms with E-state index in [1.807, 2.05) is 17.2 Å². The Kier molecular flexibility index (Phi) is 5.46. The summed E-state index contributed by atoms with van der Waals surface area (Å²) in [5.74, 6) is 1.24. The summed E-state index contributed by atoms with van der Waals surface area (Å²) in [4.78, 5) is 32.0. The molecule has 0 unspecified atom stereocenters. The first-order chi connectivity index (χ1) is 13.1. The lowest BCUT2D eigenvalue weighted by molar-refractivity contribution is -0.139. The van der Waals surface area contributed by atoms with Crippen LogP contribution in [0, 0.1) is 24.7 Å². The second-order valence-electron chi connectivity index (χ2n) is 8.66. The number of aryl methyl sites for hydroxylation is 1. The first-order valence-corrected chi connectivity index (χ1v) is 10.6. The number of aromatic nitrogens is 1.